The molecular formula is C22H22ClFN2O2. The number of carbonyl (C=O) groups excluding carboxylic acids is 2. The topological polar surface area (TPSA) is 58.2 Å². The van der Waals surface area contributed by atoms with E-state index in [4.69, 9.17) is 11.6 Å². The molecule has 2 aromatic rings. The molecule has 2 atom stereocenters. The first-order valence-corrected chi connectivity index (χ1v) is 9.69. The smallest absolute Gasteiger partial charge is 0.255 e. The van der Waals surface area contributed by atoms with Crippen molar-refractivity contribution in [3.8, 4) is 0 Å². The Balaban J connectivity index is 1.54. The number of rotatable bonds is 5. The van der Waals surface area contributed by atoms with Crippen LogP contribution in [0.2, 0.25) is 5.02 Å². The van der Waals surface area contributed by atoms with Crippen LogP contribution in [0, 0.1) is 5.82 Å². The summed E-state index contributed by atoms with van der Waals surface area (Å²) in [4.78, 5) is 24.6. The Labute approximate surface area is 168 Å². The van der Waals surface area contributed by atoms with Gasteiger partial charge >= 0.3 is 0 Å². The Morgan fingerprint density at radius 2 is 1.71 bits per heavy atom. The zero-order chi connectivity index (χ0) is 19.9. The van der Waals surface area contributed by atoms with Crippen molar-refractivity contribution in [3.63, 3.8) is 0 Å². The van der Waals surface area contributed by atoms with Crippen LogP contribution in [0.25, 0.3) is 6.08 Å². The van der Waals surface area contributed by atoms with Gasteiger partial charge in [-0.1, -0.05) is 48.0 Å². The summed E-state index contributed by atoms with van der Waals surface area (Å²) < 4.78 is 13.9. The number of hydrogen-bond donors (Lipinski definition) is 2. The molecule has 1 aliphatic rings. The van der Waals surface area contributed by atoms with E-state index in [1.807, 2.05) is 30.3 Å². The molecule has 4 nitrogen and oxygen atoms in total. The summed E-state index contributed by atoms with van der Waals surface area (Å²) in [6.45, 7) is 0. The lowest BCUT2D eigenvalue weighted by molar-refractivity contribution is -0.117. The van der Waals surface area contributed by atoms with Gasteiger partial charge in [-0.2, -0.15) is 0 Å². The quantitative estimate of drug-likeness (QED) is 0.733. The summed E-state index contributed by atoms with van der Waals surface area (Å²) in [5, 5.41) is 5.91. The minimum Gasteiger partial charge on any atom is -0.350 e. The number of halogens is 2. The van der Waals surface area contributed by atoms with Gasteiger partial charge in [-0.15, -0.1) is 0 Å². The Hall–Kier alpha value is -2.66. The van der Waals surface area contributed by atoms with Crippen molar-refractivity contribution in [1.29, 1.82) is 0 Å². The average Bonchev–Trinajstić information content (AvgIpc) is 2.67. The van der Waals surface area contributed by atoms with Gasteiger partial charge in [-0.3, -0.25) is 9.59 Å². The van der Waals surface area contributed by atoms with Crippen molar-refractivity contribution in [3.05, 3.63) is 76.6 Å². The molecule has 0 aromatic heterocycles. The van der Waals surface area contributed by atoms with Crippen LogP contribution in [0.4, 0.5) is 4.39 Å². The van der Waals surface area contributed by atoms with Gasteiger partial charge in [0.25, 0.3) is 5.91 Å². The molecular weight excluding hydrogens is 379 g/mol. The molecule has 3 rings (SSSR count). The van der Waals surface area contributed by atoms with Crippen molar-refractivity contribution in [2.75, 3.05) is 0 Å². The van der Waals surface area contributed by atoms with E-state index in [-0.39, 0.29) is 28.6 Å². The first-order valence-electron chi connectivity index (χ1n) is 9.31. The minimum absolute atomic E-state index is 0.0388. The monoisotopic (exact) mass is 400 g/mol. The summed E-state index contributed by atoms with van der Waals surface area (Å²) in [6, 6.07) is 13.6. The van der Waals surface area contributed by atoms with Crippen LogP contribution < -0.4 is 10.6 Å². The van der Waals surface area contributed by atoms with Gasteiger partial charge in [0.2, 0.25) is 5.91 Å². The van der Waals surface area contributed by atoms with Crippen molar-refractivity contribution >= 4 is 29.5 Å². The summed E-state index contributed by atoms with van der Waals surface area (Å²) >= 11 is 5.96. The zero-order valence-electron chi connectivity index (χ0n) is 15.3. The second kappa shape index (κ2) is 9.51. The number of nitrogens with one attached hydrogen (secondary N) is 2. The molecule has 2 aromatic carbocycles. The number of benzene rings is 2. The van der Waals surface area contributed by atoms with Crippen LogP contribution in [-0.2, 0) is 4.79 Å². The normalized spacial score (nSPS) is 19.4. The zero-order valence-corrected chi connectivity index (χ0v) is 16.1. The summed E-state index contributed by atoms with van der Waals surface area (Å²) in [7, 11) is 0. The van der Waals surface area contributed by atoms with Gasteiger partial charge in [-0.25, -0.2) is 4.39 Å². The van der Waals surface area contributed by atoms with Crippen LogP contribution in [-0.4, -0.2) is 23.9 Å². The highest BCUT2D eigenvalue weighted by Gasteiger charge is 2.26. The van der Waals surface area contributed by atoms with Crippen LogP contribution in [0.3, 0.4) is 0 Å². The molecule has 1 fully saturated rings. The first kappa shape index (κ1) is 20.1. The molecule has 1 aliphatic carbocycles. The van der Waals surface area contributed by atoms with Gasteiger partial charge in [0.15, 0.2) is 0 Å². The van der Waals surface area contributed by atoms with E-state index in [9.17, 15) is 14.0 Å². The van der Waals surface area contributed by atoms with E-state index in [1.54, 1.807) is 6.08 Å². The van der Waals surface area contributed by atoms with Gasteiger partial charge < -0.3 is 10.6 Å². The predicted molar refractivity (Wildman–Crippen MR) is 109 cm³/mol. The average molecular weight is 401 g/mol. The maximum Gasteiger partial charge on any atom is 0.255 e. The van der Waals surface area contributed by atoms with Crippen molar-refractivity contribution in [1.82, 2.24) is 10.6 Å². The standard InChI is InChI=1S/C22H22ClFN2O2/c23-18-10-5-11-19(24)21(18)22(28)26-17-9-4-8-16(14-17)25-20(27)13-12-15-6-2-1-3-7-15/h1-3,5-7,10-13,16-17H,4,8-9,14H2,(H,25,27)(H,26,28)/t16-,17+/m0/s1. The summed E-state index contributed by atoms with van der Waals surface area (Å²) in [5.74, 6) is -1.33. The highest BCUT2D eigenvalue weighted by atomic mass is 35.5. The second-order valence-corrected chi connectivity index (χ2v) is 7.29. The fourth-order valence-electron chi connectivity index (χ4n) is 3.41. The Bertz CT molecular complexity index is 850. The molecule has 146 valence electrons. The van der Waals surface area contributed by atoms with Gasteiger partial charge in [0.05, 0.1) is 10.6 Å². The van der Waals surface area contributed by atoms with Crippen molar-refractivity contribution in [2.45, 2.75) is 37.8 Å². The fraction of sp³-hybridized carbons (Fsp3) is 0.273. The molecule has 0 unspecified atom stereocenters. The molecule has 1 saturated carbocycles. The molecule has 0 heterocycles. The lowest BCUT2D eigenvalue weighted by atomic mass is 9.90. The maximum absolute atomic E-state index is 13.9. The van der Waals surface area contributed by atoms with Crippen LogP contribution >= 0.6 is 11.6 Å². The van der Waals surface area contributed by atoms with Crippen LogP contribution in [0.15, 0.2) is 54.6 Å². The first-order chi connectivity index (χ1) is 13.5. The molecule has 28 heavy (non-hydrogen) atoms. The largest absolute Gasteiger partial charge is 0.350 e. The minimum atomic E-state index is -0.642. The van der Waals surface area contributed by atoms with E-state index < -0.39 is 11.7 Å². The molecule has 6 heteroatoms. The van der Waals surface area contributed by atoms with E-state index in [1.165, 1.54) is 24.3 Å². The third-order valence-electron chi connectivity index (χ3n) is 4.77. The summed E-state index contributed by atoms with van der Waals surface area (Å²) in [5.41, 5.74) is 0.814. The van der Waals surface area contributed by atoms with E-state index in [0.717, 1.165) is 24.8 Å². The summed E-state index contributed by atoms with van der Waals surface area (Å²) in [6.07, 6.45) is 6.36. The molecule has 0 saturated heterocycles. The Morgan fingerprint density at radius 3 is 2.43 bits per heavy atom. The maximum atomic E-state index is 13.9. The fourth-order valence-corrected chi connectivity index (χ4v) is 3.66. The van der Waals surface area contributed by atoms with Crippen molar-refractivity contribution in [2.24, 2.45) is 0 Å². The molecule has 2 N–H and O–H groups in total. The highest BCUT2D eigenvalue weighted by Crippen LogP contribution is 2.22. The van der Waals surface area contributed by atoms with E-state index in [2.05, 4.69) is 10.6 Å². The van der Waals surface area contributed by atoms with Gasteiger partial charge in [0.1, 0.15) is 5.82 Å². The third kappa shape index (κ3) is 5.42. The highest BCUT2D eigenvalue weighted by molar-refractivity contribution is 6.33. The molecule has 0 bridgehead atoms. The number of hydrogen-bond acceptors (Lipinski definition) is 2. The Morgan fingerprint density at radius 1 is 1.00 bits per heavy atom. The van der Waals surface area contributed by atoms with E-state index in [0.29, 0.717) is 6.42 Å². The molecule has 2 amide bonds. The number of amides is 2. The SMILES string of the molecule is O=C(C=Cc1ccccc1)N[C@H]1CCC[C@@H](NC(=O)c2c(F)cccc2Cl)C1. The van der Waals surface area contributed by atoms with Gasteiger partial charge in [-0.05, 0) is 49.5 Å². The van der Waals surface area contributed by atoms with Crippen LogP contribution in [0.1, 0.15) is 41.6 Å². The van der Waals surface area contributed by atoms with Crippen LogP contribution in [0.5, 0.6) is 0 Å². The van der Waals surface area contributed by atoms with Crippen molar-refractivity contribution < 1.29 is 14.0 Å². The predicted octanol–water partition coefficient (Wildman–Crippen LogP) is 4.35. The molecule has 0 spiro atoms. The lowest BCUT2D eigenvalue weighted by Gasteiger charge is -2.30. The molecule has 0 aliphatic heterocycles. The number of carbonyl (C=O) groups is 2. The third-order valence-corrected chi connectivity index (χ3v) is 5.09. The van der Waals surface area contributed by atoms with E-state index >= 15 is 0 Å². The molecule has 0 radical (unpaired) electrons. The Kier molecular flexibility index (Phi) is 6.82. The second-order valence-electron chi connectivity index (χ2n) is 6.88. The van der Waals surface area contributed by atoms with Gasteiger partial charge in [0, 0.05) is 18.2 Å². The lowest BCUT2D eigenvalue weighted by Crippen LogP contribution is -2.45.